The van der Waals surface area contributed by atoms with Crippen LogP contribution in [0.25, 0.3) is 10.7 Å². The van der Waals surface area contributed by atoms with E-state index in [0.29, 0.717) is 34.1 Å². The van der Waals surface area contributed by atoms with Crippen LogP contribution in [0.15, 0.2) is 45.0 Å². The van der Waals surface area contributed by atoms with Crippen molar-refractivity contribution in [1.29, 1.82) is 0 Å². The van der Waals surface area contributed by atoms with Gasteiger partial charge in [-0.25, -0.2) is 15.0 Å². The van der Waals surface area contributed by atoms with E-state index in [0.717, 1.165) is 15.0 Å². The third-order valence-corrected chi connectivity index (χ3v) is 6.89. The molecule has 0 atom stereocenters. The van der Waals surface area contributed by atoms with Crippen molar-refractivity contribution < 1.29 is 9.21 Å². The lowest BCUT2D eigenvalue weighted by Crippen LogP contribution is -2.14. The summed E-state index contributed by atoms with van der Waals surface area (Å²) in [5.41, 5.74) is 1.39. The monoisotopic (exact) mass is 458 g/mol. The summed E-state index contributed by atoms with van der Waals surface area (Å²) in [6.45, 7) is 4.13. The summed E-state index contributed by atoms with van der Waals surface area (Å²) >= 11 is 4.44. The molecule has 0 saturated carbocycles. The second-order valence-corrected chi connectivity index (χ2v) is 9.71. The van der Waals surface area contributed by atoms with Gasteiger partial charge >= 0.3 is 0 Å². The molecule has 0 unspecified atom stereocenters. The number of thioether (sulfide) groups is 1. The Kier molecular flexibility index (Phi) is 6.50. The number of rotatable bonds is 8. The minimum Gasteiger partial charge on any atom is -0.445 e. The minimum absolute atomic E-state index is 0.161. The molecule has 0 bridgehead atoms. The second kappa shape index (κ2) is 9.45. The molecule has 1 amide bonds. The molecule has 30 heavy (non-hydrogen) atoms. The molecule has 11 heteroatoms. The van der Waals surface area contributed by atoms with Crippen LogP contribution >= 0.6 is 34.4 Å². The van der Waals surface area contributed by atoms with Gasteiger partial charge in [0.25, 0.3) is 0 Å². The number of anilines is 1. The van der Waals surface area contributed by atoms with E-state index in [-0.39, 0.29) is 12.3 Å². The first kappa shape index (κ1) is 20.6. The van der Waals surface area contributed by atoms with Crippen molar-refractivity contribution in [3.8, 4) is 10.7 Å². The van der Waals surface area contributed by atoms with Gasteiger partial charge in [-0.15, -0.1) is 23.1 Å². The molecule has 0 aliphatic rings. The van der Waals surface area contributed by atoms with Crippen molar-refractivity contribution in [3.63, 3.8) is 0 Å². The van der Waals surface area contributed by atoms with Gasteiger partial charge in [0.1, 0.15) is 16.5 Å². The smallest absolute Gasteiger partial charge is 0.232 e. The van der Waals surface area contributed by atoms with Gasteiger partial charge in [0.15, 0.2) is 5.13 Å². The van der Waals surface area contributed by atoms with Crippen LogP contribution in [0, 0.1) is 0 Å². The lowest BCUT2D eigenvalue weighted by Gasteiger charge is -1.99. The van der Waals surface area contributed by atoms with Gasteiger partial charge < -0.3 is 9.73 Å². The van der Waals surface area contributed by atoms with Crippen LogP contribution in [0.3, 0.4) is 0 Å². The van der Waals surface area contributed by atoms with Crippen molar-refractivity contribution in [1.82, 2.24) is 24.9 Å². The van der Waals surface area contributed by atoms with Crippen molar-refractivity contribution in [2.75, 3.05) is 5.32 Å². The molecule has 8 nitrogen and oxygen atoms in total. The zero-order chi connectivity index (χ0) is 20.9. The van der Waals surface area contributed by atoms with Crippen LogP contribution in [0.4, 0.5) is 5.13 Å². The van der Waals surface area contributed by atoms with E-state index in [1.165, 1.54) is 22.7 Å². The predicted octanol–water partition coefficient (Wildman–Crippen LogP) is 4.64. The van der Waals surface area contributed by atoms with E-state index in [1.54, 1.807) is 42.7 Å². The number of hydrogen-bond acceptors (Lipinski definition) is 10. The maximum atomic E-state index is 12.3. The Morgan fingerprint density at radius 3 is 2.87 bits per heavy atom. The zero-order valence-corrected chi connectivity index (χ0v) is 18.7. The molecular weight excluding hydrogens is 440 g/mol. The van der Waals surface area contributed by atoms with E-state index in [9.17, 15) is 4.79 Å². The first-order chi connectivity index (χ1) is 14.6. The Hall–Kier alpha value is -2.63. The van der Waals surface area contributed by atoms with Gasteiger partial charge in [0.2, 0.25) is 11.8 Å². The summed E-state index contributed by atoms with van der Waals surface area (Å²) < 4.78 is 6.69. The molecule has 4 rings (SSSR count). The largest absolute Gasteiger partial charge is 0.445 e. The number of amides is 1. The SMILES string of the molecule is CC(C)c1cnc(CSc2cnc(NC(=O)Cc3csc(-c4cnccn4)n3)s2)o1. The number of nitrogens with one attached hydrogen (secondary N) is 1. The Morgan fingerprint density at radius 2 is 2.10 bits per heavy atom. The highest BCUT2D eigenvalue weighted by molar-refractivity contribution is 8.00. The summed E-state index contributed by atoms with van der Waals surface area (Å²) in [4.78, 5) is 33.6. The van der Waals surface area contributed by atoms with Gasteiger partial charge in [-0.2, -0.15) is 0 Å². The molecule has 4 aromatic heterocycles. The molecule has 0 fully saturated rings. The summed E-state index contributed by atoms with van der Waals surface area (Å²) in [6, 6.07) is 0. The Balaban J connectivity index is 1.29. The first-order valence-electron chi connectivity index (χ1n) is 9.10. The summed E-state index contributed by atoms with van der Waals surface area (Å²) in [6.07, 6.45) is 8.57. The minimum atomic E-state index is -0.161. The number of thiazole rings is 2. The fourth-order valence-electron chi connectivity index (χ4n) is 2.42. The van der Waals surface area contributed by atoms with Crippen LogP contribution in [-0.2, 0) is 17.0 Å². The molecule has 0 saturated heterocycles. The number of oxazole rings is 1. The van der Waals surface area contributed by atoms with Crippen molar-refractivity contribution in [2.24, 2.45) is 0 Å². The Morgan fingerprint density at radius 1 is 1.20 bits per heavy atom. The molecule has 0 aliphatic heterocycles. The normalized spacial score (nSPS) is 11.2. The van der Waals surface area contributed by atoms with E-state index >= 15 is 0 Å². The lowest BCUT2D eigenvalue weighted by atomic mass is 10.2. The van der Waals surface area contributed by atoms with Gasteiger partial charge in [-0.1, -0.05) is 25.2 Å². The van der Waals surface area contributed by atoms with Gasteiger partial charge in [0, 0.05) is 23.7 Å². The van der Waals surface area contributed by atoms with Crippen molar-refractivity contribution >= 4 is 45.5 Å². The predicted molar refractivity (Wildman–Crippen MR) is 118 cm³/mol. The van der Waals surface area contributed by atoms with Crippen LogP contribution in [0.2, 0.25) is 0 Å². The van der Waals surface area contributed by atoms with Crippen molar-refractivity contribution in [3.05, 3.63) is 53.7 Å². The average molecular weight is 459 g/mol. The fourth-order valence-corrected chi connectivity index (χ4v) is 4.94. The highest BCUT2D eigenvalue weighted by Crippen LogP contribution is 2.31. The third-order valence-electron chi connectivity index (χ3n) is 3.88. The summed E-state index contributed by atoms with van der Waals surface area (Å²) in [5.74, 6) is 2.34. The average Bonchev–Trinajstić information content (AvgIpc) is 3.48. The molecule has 0 aliphatic carbocycles. The highest BCUT2D eigenvalue weighted by Gasteiger charge is 2.13. The van der Waals surface area contributed by atoms with Gasteiger partial charge in [0.05, 0.1) is 40.7 Å². The zero-order valence-electron chi connectivity index (χ0n) is 16.2. The quantitative estimate of drug-likeness (QED) is 0.381. The number of nitrogens with zero attached hydrogens (tertiary/aromatic N) is 5. The standard InChI is InChI=1S/C19H18N6O2S3/c1-11(2)14-7-22-16(27-14)10-28-17-8-23-19(30-17)25-15(26)5-12-9-29-18(24-12)13-6-20-3-4-21-13/h3-4,6-9,11H,5,10H2,1-2H3,(H,23,25,26). The highest BCUT2D eigenvalue weighted by atomic mass is 32.2. The molecule has 0 aromatic carbocycles. The van der Waals surface area contributed by atoms with E-state index < -0.39 is 0 Å². The Bertz CT molecular complexity index is 1120. The molecule has 1 N–H and O–H groups in total. The summed E-state index contributed by atoms with van der Waals surface area (Å²) in [7, 11) is 0. The fraction of sp³-hybridized carbons (Fsp3) is 0.263. The van der Waals surface area contributed by atoms with E-state index in [1.807, 2.05) is 5.38 Å². The molecule has 4 heterocycles. The van der Waals surface area contributed by atoms with Gasteiger partial charge in [-0.3, -0.25) is 14.8 Å². The maximum Gasteiger partial charge on any atom is 0.232 e. The van der Waals surface area contributed by atoms with Crippen LogP contribution in [-0.4, -0.2) is 30.8 Å². The van der Waals surface area contributed by atoms with Crippen LogP contribution < -0.4 is 5.32 Å². The van der Waals surface area contributed by atoms with Crippen LogP contribution in [0.5, 0.6) is 0 Å². The molecule has 0 radical (unpaired) electrons. The number of aromatic nitrogens is 5. The molecular formula is C19H18N6O2S3. The first-order valence-corrected chi connectivity index (χ1v) is 11.8. The number of carbonyl (C=O) groups excluding carboxylic acids is 1. The number of carbonyl (C=O) groups is 1. The number of hydrogen-bond donors (Lipinski definition) is 1. The van der Waals surface area contributed by atoms with Gasteiger partial charge in [-0.05, 0) is 0 Å². The summed E-state index contributed by atoms with van der Waals surface area (Å²) in [5, 5.41) is 5.98. The molecule has 4 aromatic rings. The third kappa shape index (κ3) is 5.29. The molecule has 154 valence electrons. The van der Waals surface area contributed by atoms with E-state index in [4.69, 9.17) is 4.42 Å². The maximum absolute atomic E-state index is 12.3. The topological polar surface area (TPSA) is 107 Å². The Labute approximate surface area is 185 Å². The van der Waals surface area contributed by atoms with E-state index in [2.05, 4.69) is 44.1 Å². The second-order valence-electron chi connectivity index (χ2n) is 6.54. The molecule has 0 spiro atoms. The van der Waals surface area contributed by atoms with Crippen molar-refractivity contribution in [2.45, 2.75) is 36.1 Å². The van der Waals surface area contributed by atoms with Crippen LogP contribution in [0.1, 0.15) is 37.1 Å². The lowest BCUT2D eigenvalue weighted by molar-refractivity contribution is -0.115.